The Morgan fingerprint density at radius 2 is 2.12 bits per heavy atom. The molecule has 0 aliphatic carbocycles. The van der Waals surface area contributed by atoms with Gasteiger partial charge >= 0.3 is 5.97 Å². The number of nitrogens with zero attached hydrogens (tertiary/aromatic N) is 3. The number of aryl methyl sites for hydroxylation is 2. The van der Waals surface area contributed by atoms with Crippen LogP contribution in [-0.4, -0.2) is 51.3 Å². The first-order chi connectivity index (χ1) is 11.9. The SMILES string of the molecule is Cc1cc(C)n([C@H]2CCN(CC(=O)Nc3cccc(C(=O)O)c3)C2)n1. The van der Waals surface area contributed by atoms with Gasteiger partial charge in [0, 0.05) is 24.5 Å². The number of aromatic nitrogens is 2. The Kier molecular flexibility index (Phi) is 4.85. The quantitative estimate of drug-likeness (QED) is 0.869. The third kappa shape index (κ3) is 4.06. The van der Waals surface area contributed by atoms with Crippen molar-refractivity contribution in [1.29, 1.82) is 0 Å². The molecule has 7 nitrogen and oxygen atoms in total. The molecule has 7 heteroatoms. The highest BCUT2D eigenvalue weighted by molar-refractivity contribution is 5.94. The third-order valence-corrected chi connectivity index (χ3v) is 4.40. The van der Waals surface area contributed by atoms with E-state index in [0.717, 1.165) is 30.9 Å². The summed E-state index contributed by atoms with van der Waals surface area (Å²) in [5.74, 6) is -1.15. The van der Waals surface area contributed by atoms with E-state index in [9.17, 15) is 9.59 Å². The Labute approximate surface area is 146 Å². The number of likely N-dealkylation sites (tertiary alicyclic amines) is 1. The number of amides is 1. The summed E-state index contributed by atoms with van der Waals surface area (Å²) in [5.41, 5.74) is 2.80. The van der Waals surface area contributed by atoms with Crippen molar-refractivity contribution in [3.63, 3.8) is 0 Å². The molecule has 0 bridgehead atoms. The fourth-order valence-electron chi connectivity index (χ4n) is 3.30. The number of carboxylic acids is 1. The topological polar surface area (TPSA) is 87.5 Å². The van der Waals surface area contributed by atoms with E-state index < -0.39 is 5.97 Å². The molecule has 1 fully saturated rings. The van der Waals surface area contributed by atoms with Crippen LogP contribution < -0.4 is 5.32 Å². The lowest BCUT2D eigenvalue weighted by molar-refractivity contribution is -0.117. The lowest BCUT2D eigenvalue weighted by Crippen LogP contribution is -2.32. The van der Waals surface area contributed by atoms with Gasteiger partial charge in [0.2, 0.25) is 5.91 Å². The predicted octanol–water partition coefficient (Wildman–Crippen LogP) is 2.08. The van der Waals surface area contributed by atoms with Crippen LogP contribution in [0.5, 0.6) is 0 Å². The summed E-state index contributed by atoms with van der Waals surface area (Å²) in [6.45, 7) is 5.93. The second-order valence-corrected chi connectivity index (χ2v) is 6.48. The number of hydrogen-bond donors (Lipinski definition) is 2. The molecule has 0 unspecified atom stereocenters. The molecule has 2 aromatic rings. The van der Waals surface area contributed by atoms with Crippen molar-refractivity contribution < 1.29 is 14.7 Å². The summed E-state index contributed by atoms with van der Waals surface area (Å²) in [4.78, 5) is 25.3. The van der Waals surface area contributed by atoms with Crippen LogP contribution in [-0.2, 0) is 4.79 Å². The maximum absolute atomic E-state index is 12.2. The van der Waals surface area contributed by atoms with E-state index in [1.54, 1.807) is 12.1 Å². The summed E-state index contributed by atoms with van der Waals surface area (Å²) in [7, 11) is 0. The minimum atomic E-state index is -1.01. The van der Waals surface area contributed by atoms with E-state index in [1.165, 1.54) is 12.1 Å². The number of carbonyl (C=O) groups excluding carboxylic acids is 1. The molecule has 0 radical (unpaired) electrons. The number of carboxylic acid groups (broad SMARTS) is 1. The van der Waals surface area contributed by atoms with Crippen molar-refractivity contribution in [2.75, 3.05) is 25.0 Å². The van der Waals surface area contributed by atoms with E-state index >= 15 is 0 Å². The molecular formula is C18H22N4O3. The summed E-state index contributed by atoms with van der Waals surface area (Å²) < 4.78 is 2.05. The van der Waals surface area contributed by atoms with Gasteiger partial charge in [-0.25, -0.2) is 4.79 Å². The van der Waals surface area contributed by atoms with E-state index in [2.05, 4.69) is 21.4 Å². The largest absolute Gasteiger partial charge is 0.478 e. The number of hydrogen-bond acceptors (Lipinski definition) is 4. The first kappa shape index (κ1) is 17.2. The highest BCUT2D eigenvalue weighted by Gasteiger charge is 2.26. The van der Waals surface area contributed by atoms with Crippen LogP contribution in [0.1, 0.15) is 34.2 Å². The second-order valence-electron chi connectivity index (χ2n) is 6.48. The predicted molar refractivity (Wildman–Crippen MR) is 93.8 cm³/mol. The van der Waals surface area contributed by atoms with E-state index in [-0.39, 0.29) is 24.1 Å². The average Bonchev–Trinajstić information content (AvgIpc) is 3.13. The van der Waals surface area contributed by atoms with Gasteiger partial charge in [0.15, 0.2) is 0 Å². The molecule has 0 spiro atoms. The van der Waals surface area contributed by atoms with Gasteiger partial charge in [-0.15, -0.1) is 0 Å². The summed E-state index contributed by atoms with van der Waals surface area (Å²) in [6.07, 6.45) is 0.962. The van der Waals surface area contributed by atoms with Gasteiger partial charge in [0.1, 0.15) is 0 Å². The Hall–Kier alpha value is -2.67. The van der Waals surface area contributed by atoms with Crippen LogP contribution in [0.3, 0.4) is 0 Å². The maximum Gasteiger partial charge on any atom is 0.335 e. The van der Waals surface area contributed by atoms with Crippen molar-refractivity contribution in [2.45, 2.75) is 26.3 Å². The summed E-state index contributed by atoms with van der Waals surface area (Å²) >= 11 is 0. The van der Waals surface area contributed by atoms with Gasteiger partial charge in [-0.1, -0.05) is 6.07 Å². The van der Waals surface area contributed by atoms with Crippen LogP contribution >= 0.6 is 0 Å². The van der Waals surface area contributed by atoms with Crippen LogP contribution in [0, 0.1) is 13.8 Å². The fraction of sp³-hybridized carbons (Fsp3) is 0.389. The van der Waals surface area contributed by atoms with E-state index in [0.29, 0.717) is 5.69 Å². The molecular weight excluding hydrogens is 320 g/mol. The molecule has 0 saturated carbocycles. The van der Waals surface area contributed by atoms with Gasteiger partial charge in [-0.05, 0) is 44.5 Å². The number of anilines is 1. The van der Waals surface area contributed by atoms with Gasteiger partial charge < -0.3 is 10.4 Å². The molecule has 3 rings (SSSR count). The smallest absolute Gasteiger partial charge is 0.335 e. The number of nitrogens with one attached hydrogen (secondary N) is 1. The molecule has 1 saturated heterocycles. The fourth-order valence-corrected chi connectivity index (χ4v) is 3.30. The second kappa shape index (κ2) is 7.06. The summed E-state index contributed by atoms with van der Waals surface area (Å²) in [5, 5.41) is 16.3. The Balaban J connectivity index is 1.56. The van der Waals surface area contributed by atoms with Crippen molar-refractivity contribution in [3.8, 4) is 0 Å². The minimum Gasteiger partial charge on any atom is -0.478 e. The molecule has 132 valence electrons. The van der Waals surface area contributed by atoms with E-state index in [1.807, 2.05) is 18.5 Å². The molecule has 25 heavy (non-hydrogen) atoms. The average molecular weight is 342 g/mol. The first-order valence-electron chi connectivity index (χ1n) is 8.30. The molecule has 1 aromatic heterocycles. The highest BCUT2D eigenvalue weighted by Crippen LogP contribution is 2.23. The van der Waals surface area contributed by atoms with Crippen LogP contribution in [0.2, 0.25) is 0 Å². The standard InChI is InChI=1S/C18H22N4O3/c1-12-8-13(2)22(20-12)16-6-7-21(10-16)11-17(23)19-15-5-3-4-14(9-15)18(24)25/h3-5,8-9,16H,6-7,10-11H2,1-2H3,(H,19,23)(H,24,25)/t16-/m0/s1. The molecule has 2 heterocycles. The zero-order valence-corrected chi connectivity index (χ0v) is 14.4. The monoisotopic (exact) mass is 342 g/mol. The number of rotatable bonds is 5. The Bertz CT molecular complexity index is 799. The zero-order chi connectivity index (χ0) is 18.0. The first-order valence-corrected chi connectivity index (χ1v) is 8.30. The Morgan fingerprint density at radius 3 is 2.80 bits per heavy atom. The van der Waals surface area contributed by atoms with Gasteiger partial charge in [0.05, 0.1) is 23.8 Å². The lowest BCUT2D eigenvalue weighted by atomic mass is 10.2. The van der Waals surface area contributed by atoms with Crippen LogP contribution in [0.25, 0.3) is 0 Å². The number of aromatic carboxylic acids is 1. The molecule has 1 aliphatic rings. The number of benzene rings is 1. The van der Waals surface area contributed by atoms with Crippen LogP contribution in [0.4, 0.5) is 5.69 Å². The molecule has 1 aliphatic heterocycles. The van der Waals surface area contributed by atoms with Crippen molar-refractivity contribution >= 4 is 17.6 Å². The summed E-state index contributed by atoms with van der Waals surface area (Å²) in [6, 6.07) is 8.61. The zero-order valence-electron chi connectivity index (χ0n) is 14.4. The van der Waals surface area contributed by atoms with Gasteiger partial charge in [-0.3, -0.25) is 14.4 Å². The van der Waals surface area contributed by atoms with Gasteiger partial charge in [0.25, 0.3) is 0 Å². The highest BCUT2D eigenvalue weighted by atomic mass is 16.4. The molecule has 1 amide bonds. The van der Waals surface area contributed by atoms with Gasteiger partial charge in [-0.2, -0.15) is 5.10 Å². The molecule has 1 aromatic carbocycles. The minimum absolute atomic E-state index is 0.142. The number of carbonyl (C=O) groups is 2. The normalized spacial score (nSPS) is 17.6. The third-order valence-electron chi connectivity index (χ3n) is 4.40. The van der Waals surface area contributed by atoms with Crippen molar-refractivity contribution in [1.82, 2.24) is 14.7 Å². The Morgan fingerprint density at radius 1 is 1.32 bits per heavy atom. The molecule has 2 N–H and O–H groups in total. The van der Waals surface area contributed by atoms with E-state index in [4.69, 9.17) is 5.11 Å². The van der Waals surface area contributed by atoms with Crippen LogP contribution in [0.15, 0.2) is 30.3 Å². The lowest BCUT2D eigenvalue weighted by Gasteiger charge is -2.17. The molecule has 1 atom stereocenters. The van der Waals surface area contributed by atoms with Crippen molar-refractivity contribution in [3.05, 3.63) is 47.3 Å². The van der Waals surface area contributed by atoms with Crippen molar-refractivity contribution in [2.24, 2.45) is 0 Å². The maximum atomic E-state index is 12.2.